The Labute approximate surface area is 98.1 Å². The van der Waals surface area contributed by atoms with E-state index >= 15 is 0 Å². The highest BCUT2D eigenvalue weighted by Gasteiger charge is 2.07. The molecule has 0 atom stereocenters. The van der Waals surface area contributed by atoms with E-state index in [4.69, 9.17) is 0 Å². The third-order valence-electron chi connectivity index (χ3n) is 2.48. The molecule has 2 nitrogen and oxygen atoms in total. The maximum absolute atomic E-state index is 4.36. The first kappa shape index (κ1) is 10.4. The molecule has 0 saturated heterocycles. The largest absolute Gasteiger partial charge is 0.268 e. The zero-order valence-electron chi connectivity index (χ0n) is 9.08. The van der Waals surface area contributed by atoms with Gasteiger partial charge in [-0.3, -0.25) is 4.68 Å². The highest BCUT2D eigenvalue weighted by molar-refractivity contribution is 9.10. The molecule has 15 heavy (non-hydrogen) atoms. The fraction of sp³-hybridized carbons (Fsp3) is 0.250. The van der Waals surface area contributed by atoms with Gasteiger partial charge in [-0.1, -0.05) is 22.0 Å². The fourth-order valence-electron chi connectivity index (χ4n) is 1.73. The van der Waals surface area contributed by atoms with Crippen LogP contribution in [0.1, 0.15) is 11.3 Å². The van der Waals surface area contributed by atoms with E-state index in [-0.39, 0.29) is 0 Å². The molecule has 3 heteroatoms. The van der Waals surface area contributed by atoms with Crippen molar-refractivity contribution < 1.29 is 0 Å². The van der Waals surface area contributed by atoms with Crippen LogP contribution in [0.3, 0.4) is 0 Å². The maximum Gasteiger partial charge on any atom is 0.0684 e. The summed E-state index contributed by atoms with van der Waals surface area (Å²) in [6, 6.07) is 8.41. The Bertz CT molecular complexity index is 500. The number of hydrogen-bond acceptors (Lipinski definition) is 1. The molecule has 0 amide bonds. The summed E-state index contributed by atoms with van der Waals surface area (Å²) in [4.78, 5) is 0. The van der Waals surface area contributed by atoms with E-state index in [2.05, 4.69) is 52.2 Å². The zero-order chi connectivity index (χ0) is 11.0. The molecular formula is C12H13BrN2. The van der Waals surface area contributed by atoms with Gasteiger partial charge in [-0.15, -0.1) is 0 Å². The molecule has 1 aromatic carbocycles. The number of halogens is 1. The minimum absolute atomic E-state index is 1.05. The van der Waals surface area contributed by atoms with Crippen LogP contribution in [0.4, 0.5) is 0 Å². The van der Waals surface area contributed by atoms with Crippen molar-refractivity contribution in [2.45, 2.75) is 13.8 Å². The lowest BCUT2D eigenvalue weighted by atomic mass is 10.1. The molecule has 0 saturated carbocycles. The molecule has 0 unspecified atom stereocenters. The molecule has 0 aliphatic carbocycles. The average molecular weight is 265 g/mol. The predicted molar refractivity (Wildman–Crippen MR) is 65.8 cm³/mol. The summed E-state index contributed by atoms with van der Waals surface area (Å²) < 4.78 is 3.02. The maximum atomic E-state index is 4.36. The molecule has 78 valence electrons. The summed E-state index contributed by atoms with van der Waals surface area (Å²) in [5.74, 6) is 0. The number of aryl methyl sites for hydroxylation is 3. The van der Waals surface area contributed by atoms with Gasteiger partial charge in [0, 0.05) is 17.1 Å². The Morgan fingerprint density at radius 2 is 1.93 bits per heavy atom. The molecule has 0 aliphatic rings. The molecule has 0 N–H and O–H groups in total. The van der Waals surface area contributed by atoms with Crippen molar-refractivity contribution in [3.63, 3.8) is 0 Å². The van der Waals surface area contributed by atoms with E-state index in [1.54, 1.807) is 0 Å². The minimum atomic E-state index is 1.05. The van der Waals surface area contributed by atoms with Gasteiger partial charge in [0.15, 0.2) is 0 Å². The van der Waals surface area contributed by atoms with Crippen LogP contribution in [-0.2, 0) is 7.05 Å². The van der Waals surface area contributed by atoms with Crippen LogP contribution in [0.5, 0.6) is 0 Å². The smallest absolute Gasteiger partial charge is 0.0684 e. The molecule has 2 aromatic rings. The first-order valence-corrected chi connectivity index (χ1v) is 5.64. The van der Waals surface area contributed by atoms with E-state index in [9.17, 15) is 0 Å². The normalized spacial score (nSPS) is 10.7. The van der Waals surface area contributed by atoms with Gasteiger partial charge < -0.3 is 0 Å². The molecule has 1 aromatic heterocycles. The van der Waals surface area contributed by atoms with Gasteiger partial charge in [0.2, 0.25) is 0 Å². The fourth-order valence-corrected chi connectivity index (χ4v) is 2.09. The highest BCUT2D eigenvalue weighted by atomic mass is 79.9. The van der Waals surface area contributed by atoms with Crippen molar-refractivity contribution in [1.29, 1.82) is 0 Å². The number of benzene rings is 1. The standard InChI is InChI=1S/C12H13BrN2/c1-8-4-5-10(13)7-11(8)12-6-9(2)14-15(12)3/h4-7H,1-3H3. The van der Waals surface area contributed by atoms with Crippen LogP contribution in [0.2, 0.25) is 0 Å². The lowest BCUT2D eigenvalue weighted by Crippen LogP contribution is -1.95. The molecule has 0 spiro atoms. The van der Waals surface area contributed by atoms with Crippen LogP contribution < -0.4 is 0 Å². The predicted octanol–water partition coefficient (Wildman–Crippen LogP) is 3.47. The van der Waals surface area contributed by atoms with Crippen LogP contribution in [0, 0.1) is 13.8 Å². The Hall–Kier alpha value is -1.09. The summed E-state index contributed by atoms with van der Waals surface area (Å²) in [7, 11) is 1.97. The van der Waals surface area contributed by atoms with E-state index < -0.39 is 0 Å². The lowest BCUT2D eigenvalue weighted by molar-refractivity contribution is 0.763. The van der Waals surface area contributed by atoms with Gasteiger partial charge in [-0.2, -0.15) is 5.10 Å². The summed E-state index contributed by atoms with van der Waals surface area (Å²) in [6.07, 6.45) is 0. The van der Waals surface area contributed by atoms with E-state index in [1.807, 2.05) is 18.7 Å². The van der Waals surface area contributed by atoms with Crippen molar-refractivity contribution in [3.05, 3.63) is 40.0 Å². The number of rotatable bonds is 1. The van der Waals surface area contributed by atoms with Crippen LogP contribution in [-0.4, -0.2) is 9.78 Å². The Morgan fingerprint density at radius 3 is 2.53 bits per heavy atom. The summed E-state index contributed by atoms with van der Waals surface area (Å²) in [6.45, 7) is 4.13. The number of aromatic nitrogens is 2. The topological polar surface area (TPSA) is 17.8 Å². The Morgan fingerprint density at radius 1 is 1.20 bits per heavy atom. The van der Waals surface area contributed by atoms with Gasteiger partial charge in [-0.25, -0.2) is 0 Å². The van der Waals surface area contributed by atoms with Gasteiger partial charge >= 0.3 is 0 Å². The molecule has 0 aliphatic heterocycles. The lowest BCUT2D eigenvalue weighted by Gasteiger charge is -2.06. The minimum Gasteiger partial charge on any atom is -0.268 e. The molecular weight excluding hydrogens is 252 g/mol. The third kappa shape index (κ3) is 1.97. The third-order valence-corrected chi connectivity index (χ3v) is 2.97. The second-order valence-corrected chi connectivity index (χ2v) is 4.67. The monoisotopic (exact) mass is 264 g/mol. The van der Waals surface area contributed by atoms with Gasteiger partial charge in [0.1, 0.15) is 0 Å². The first-order valence-electron chi connectivity index (χ1n) is 4.85. The van der Waals surface area contributed by atoms with E-state index in [0.29, 0.717) is 0 Å². The Kier molecular flexibility index (Phi) is 2.65. The zero-order valence-corrected chi connectivity index (χ0v) is 10.7. The SMILES string of the molecule is Cc1cc(-c2cc(Br)ccc2C)n(C)n1. The van der Waals surface area contributed by atoms with Crippen molar-refractivity contribution in [1.82, 2.24) is 9.78 Å². The van der Waals surface area contributed by atoms with Gasteiger partial charge in [-0.05, 0) is 37.6 Å². The molecule has 0 radical (unpaired) electrons. The van der Waals surface area contributed by atoms with Crippen molar-refractivity contribution in [2.75, 3.05) is 0 Å². The van der Waals surface area contributed by atoms with Crippen LogP contribution in [0.15, 0.2) is 28.7 Å². The second-order valence-electron chi connectivity index (χ2n) is 3.75. The van der Waals surface area contributed by atoms with Gasteiger partial charge in [0.05, 0.1) is 11.4 Å². The van der Waals surface area contributed by atoms with Crippen molar-refractivity contribution in [2.24, 2.45) is 7.05 Å². The van der Waals surface area contributed by atoms with Crippen molar-refractivity contribution in [3.8, 4) is 11.3 Å². The summed E-state index contributed by atoms with van der Waals surface area (Å²) in [5, 5.41) is 4.36. The van der Waals surface area contributed by atoms with Crippen LogP contribution >= 0.6 is 15.9 Å². The second kappa shape index (κ2) is 3.81. The first-order chi connectivity index (χ1) is 7.08. The Balaban J connectivity index is 2.62. The van der Waals surface area contributed by atoms with Crippen LogP contribution in [0.25, 0.3) is 11.3 Å². The summed E-state index contributed by atoms with van der Waals surface area (Å²) in [5.41, 5.74) is 4.70. The summed E-state index contributed by atoms with van der Waals surface area (Å²) >= 11 is 3.50. The van der Waals surface area contributed by atoms with Crippen molar-refractivity contribution >= 4 is 15.9 Å². The van der Waals surface area contributed by atoms with E-state index in [1.165, 1.54) is 11.1 Å². The average Bonchev–Trinajstić information content (AvgIpc) is 2.50. The number of nitrogens with zero attached hydrogens (tertiary/aromatic N) is 2. The van der Waals surface area contributed by atoms with Gasteiger partial charge in [0.25, 0.3) is 0 Å². The molecule has 2 rings (SSSR count). The molecule has 1 heterocycles. The number of hydrogen-bond donors (Lipinski definition) is 0. The quantitative estimate of drug-likeness (QED) is 0.772. The highest BCUT2D eigenvalue weighted by Crippen LogP contribution is 2.26. The molecule has 0 bridgehead atoms. The molecule has 0 fully saturated rings. The van der Waals surface area contributed by atoms with E-state index in [0.717, 1.165) is 15.9 Å².